The van der Waals surface area contributed by atoms with Gasteiger partial charge in [0.2, 0.25) is 0 Å². The summed E-state index contributed by atoms with van der Waals surface area (Å²) in [6.45, 7) is 6.03. The Balaban J connectivity index is 0.000000921. The predicted molar refractivity (Wildman–Crippen MR) is 68.7 cm³/mol. The maximum absolute atomic E-state index is 8.84. The van der Waals surface area contributed by atoms with Crippen LogP contribution >= 0.6 is 15.9 Å². The largest absolute Gasteiger partial charge is 0.396 e. The fraction of sp³-hybridized carbons (Fsp3) is 0.500. The van der Waals surface area contributed by atoms with Crippen molar-refractivity contribution in [3.63, 3.8) is 0 Å². The highest BCUT2D eigenvalue weighted by molar-refractivity contribution is 9.10. The van der Waals surface area contributed by atoms with Crippen LogP contribution in [-0.2, 0) is 5.54 Å². The van der Waals surface area contributed by atoms with Gasteiger partial charge in [0.1, 0.15) is 0 Å². The molecule has 1 atom stereocenters. The maximum Gasteiger partial charge on any atom is 0.0451 e. The van der Waals surface area contributed by atoms with Crippen LogP contribution in [0, 0.1) is 0 Å². The smallest absolute Gasteiger partial charge is 0.0451 e. The first-order chi connectivity index (χ1) is 7.06. The first kappa shape index (κ1) is 14.6. The van der Waals surface area contributed by atoms with Gasteiger partial charge in [-0.25, -0.2) is 0 Å². The molecule has 0 heterocycles. The van der Waals surface area contributed by atoms with Crippen molar-refractivity contribution in [1.29, 1.82) is 0 Å². The van der Waals surface area contributed by atoms with E-state index in [9.17, 15) is 0 Å². The van der Waals surface area contributed by atoms with E-state index in [0.717, 1.165) is 10.0 Å². The summed E-state index contributed by atoms with van der Waals surface area (Å²) in [6, 6.07) is 7.86. The number of aliphatic hydroxyl groups excluding tert-OH is 1. The van der Waals surface area contributed by atoms with Crippen molar-refractivity contribution in [2.45, 2.75) is 32.7 Å². The molecule has 3 heteroatoms. The minimum absolute atomic E-state index is 0.111. The molecule has 0 bridgehead atoms. The third-order valence-electron chi connectivity index (χ3n) is 2.12. The molecule has 3 N–H and O–H groups in total. The van der Waals surface area contributed by atoms with E-state index in [1.165, 1.54) is 0 Å². The van der Waals surface area contributed by atoms with E-state index in [1.54, 1.807) is 0 Å². The third kappa shape index (κ3) is 4.78. The molecule has 0 fully saturated rings. The van der Waals surface area contributed by atoms with Crippen molar-refractivity contribution in [3.05, 3.63) is 34.3 Å². The lowest BCUT2D eigenvalue weighted by Gasteiger charge is -2.24. The Morgan fingerprint density at radius 3 is 2.47 bits per heavy atom. The quantitative estimate of drug-likeness (QED) is 0.890. The molecule has 0 saturated heterocycles. The Kier molecular flexibility index (Phi) is 6.81. The number of rotatable bonds is 3. The number of aliphatic hydroxyl groups is 1. The molecular weight excluding hydrogens is 254 g/mol. The van der Waals surface area contributed by atoms with Crippen molar-refractivity contribution in [2.24, 2.45) is 5.73 Å². The highest BCUT2D eigenvalue weighted by Crippen LogP contribution is 2.23. The Hall–Kier alpha value is -0.380. The zero-order valence-corrected chi connectivity index (χ0v) is 11.2. The van der Waals surface area contributed by atoms with Crippen molar-refractivity contribution in [1.82, 2.24) is 0 Å². The summed E-state index contributed by atoms with van der Waals surface area (Å²) in [7, 11) is 0. The fourth-order valence-electron chi connectivity index (χ4n) is 1.22. The van der Waals surface area contributed by atoms with E-state index in [4.69, 9.17) is 10.8 Å². The maximum atomic E-state index is 8.84. The van der Waals surface area contributed by atoms with E-state index in [0.29, 0.717) is 6.42 Å². The third-order valence-corrected chi connectivity index (χ3v) is 2.61. The molecule has 0 aliphatic heterocycles. The number of hydrogen-bond acceptors (Lipinski definition) is 2. The van der Waals surface area contributed by atoms with E-state index in [1.807, 2.05) is 45.0 Å². The molecule has 0 unspecified atom stereocenters. The number of halogens is 1. The standard InChI is InChI=1S/C10H14BrNO.C2H6/c1-10(12,5-6-13)8-3-2-4-9(11)7-8;1-2/h2-4,7,13H,5-6,12H2,1H3;1-2H3/t10-;/m0./s1. The van der Waals surface area contributed by atoms with Gasteiger partial charge in [0, 0.05) is 16.6 Å². The topological polar surface area (TPSA) is 46.2 Å². The summed E-state index contributed by atoms with van der Waals surface area (Å²) in [6.07, 6.45) is 0.573. The van der Waals surface area contributed by atoms with Crippen molar-refractivity contribution < 1.29 is 5.11 Å². The monoisotopic (exact) mass is 273 g/mol. The van der Waals surface area contributed by atoms with Gasteiger partial charge in [-0.1, -0.05) is 41.9 Å². The van der Waals surface area contributed by atoms with Crippen LogP contribution < -0.4 is 5.73 Å². The molecule has 15 heavy (non-hydrogen) atoms. The van der Waals surface area contributed by atoms with Crippen molar-refractivity contribution in [2.75, 3.05) is 6.61 Å². The summed E-state index contributed by atoms with van der Waals surface area (Å²) in [5.74, 6) is 0. The van der Waals surface area contributed by atoms with Crippen LogP contribution in [0.1, 0.15) is 32.8 Å². The summed E-state index contributed by atoms with van der Waals surface area (Å²) in [5, 5.41) is 8.84. The normalized spacial score (nSPS) is 13.7. The summed E-state index contributed by atoms with van der Waals surface area (Å²) in [4.78, 5) is 0. The molecule has 1 rings (SSSR count). The molecule has 0 amide bonds. The van der Waals surface area contributed by atoms with Gasteiger partial charge in [-0.05, 0) is 31.0 Å². The molecule has 0 aromatic heterocycles. The lowest BCUT2D eigenvalue weighted by Crippen LogP contribution is -2.33. The van der Waals surface area contributed by atoms with Gasteiger partial charge < -0.3 is 10.8 Å². The Morgan fingerprint density at radius 2 is 2.00 bits per heavy atom. The molecule has 0 radical (unpaired) electrons. The van der Waals surface area contributed by atoms with Crippen LogP contribution in [0.2, 0.25) is 0 Å². The van der Waals surface area contributed by atoms with Crippen LogP contribution in [0.3, 0.4) is 0 Å². The molecule has 0 aliphatic carbocycles. The van der Waals surface area contributed by atoms with Gasteiger partial charge >= 0.3 is 0 Å². The average Bonchev–Trinajstić information content (AvgIpc) is 2.21. The molecule has 1 aromatic rings. The number of benzene rings is 1. The fourth-order valence-corrected chi connectivity index (χ4v) is 1.62. The number of hydrogen-bond donors (Lipinski definition) is 2. The molecule has 2 nitrogen and oxygen atoms in total. The second-order valence-corrected chi connectivity index (χ2v) is 4.32. The van der Waals surface area contributed by atoms with Gasteiger partial charge in [-0.3, -0.25) is 0 Å². The first-order valence-electron chi connectivity index (χ1n) is 5.22. The van der Waals surface area contributed by atoms with Gasteiger partial charge in [-0.2, -0.15) is 0 Å². The van der Waals surface area contributed by atoms with Gasteiger partial charge in [0.25, 0.3) is 0 Å². The predicted octanol–water partition coefficient (Wildman–Crippen LogP) is 3.03. The first-order valence-corrected chi connectivity index (χ1v) is 6.01. The van der Waals surface area contributed by atoms with Crippen LogP contribution in [0.4, 0.5) is 0 Å². The average molecular weight is 274 g/mol. The highest BCUT2D eigenvalue weighted by Gasteiger charge is 2.20. The molecule has 0 aliphatic rings. The van der Waals surface area contributed by atoms with E-state index < -0.39 is 5.54 Å². The SMILES string of the molecule is CC.C[C@](N)(CCO)c1cccc(Br)c1. The second-order valence-electron chi connectivity index (χ2n) is 3.40. The van der Waals surface area contributed by atoms with E-state index in [2.05, 4.69) is 15.9 Å². The summed E-state index contributed by atoms with van der Waals surface area (Å²) in [5.41, 5.74) is 6.63. The molecule has 0 spiro atoms. The Labute approximate surface area is 101 Å². The summed E-state index contributed by atoms with van der Waals surface area (Å²) < 4.78 is 1.01. The lowest BCUT2D eigenvalue weighted by atomic mass is 9.90. The van der Waals surface area contributed by atoms with Gasteiger partial charge in [0.15, 0.2) is 0 Å². The zero-order valence-electron chi connectivity index (χ0n) is 9.63. The van der Waals surface area contributed by atoms with Crippen LogP contribution in [0.25, 0.3) is 0 Å². The van der Waals surface area contributed by atoms with Gasteiger partial charge in [0.05, 0.1) is 0 Å². The van der Waals surface area contributed by atoms with E-state index in [-0.39, 0.29) is 6.61 Å². The highest BCUT2D eigenvalue weighted by atomic mass is 79.9. The zero-order chi connectivity index (χ0) is 11.9. The Morgan fingerprint density at radius 1 is 1.40 bits per heavy atom. The minimum atomic E-state index is -0.446. The van der Waals surface area contributed by atoms with Crippen molar-refractivity contribution >= 4 is 15.9 Å². The molecular formula is C12H20BrNO. The van der Waals surface area contributed by atoms with Crippen LogP contribution in [0.15, 0.2) is 28.7 Å². The number of nitrogens with two attached hydrogens (primary N) is 1. The molecule has 1 aromatic carbocycles. The van der Waals surface area contributed by atoms with Crippen LogP contribution in [0.5, 0.6) is 0 Å². The van der Waals surface area contributed by atoms with Crippen molar-refractivity contribution in [3.8, 4) is 0 Å². The van der Waals surface area contributed by atoms with Crippen LogP contribution in [-0.4, -0.2) is 11.7 Å². The second kappa shape index (κ2) is 6.99. The Bertz CT molecular complexity index is 287. The molecule has 0 saturated carbocycles. The lowest BCUT2D eigenvalue weighted by molar-refractivity contribution is 0.247. The van der Waals surface area contributed by atoms with E-state index >= 15 is 0 Å². The molecule has 86 valence electrons. The van der Waals surface area contributed by atoms with Gasteiger partial charge in [-0.15, -0.1) is 0 Å². The summed E-state index contributed by atoms with van der Waals surface area (Å²) >= 11 is 3.39. The minimum Gasteiger partial charge on any atom is -0.396 e.